The Labute approximate surface area is 219 Å². The van der Waals surface area contributed by atoms with Gasteiger partial charge in [0.05, 0.1) is 30.5 Å². The van der Waals surface area contributed by atoms with Crippen LogP contribution in [0.2, 0.25) is 0 Å². The number of carbonyl (C=O) groups excluding carboxylic acids is 1. The predicted octanol–water partition coefficient (Wildman–Crippen LogP) is 2.12. The van der Waals surface area contributed by atoms with Gasteiger partial charge in [-0.15, -0.1) is 0 Å². The maximum absolute atomic E-state index is 13.4. The third kappa shape index (κ3) is 6.60. The first-order valence-electron chi connectivity index (χ1n) is 13.0. The number of esters is 1. The summed E-state index contributed by atoms with van der Waals surface area (Å²) in [6, 6.07) is 9.16. The lowest BCUT2D eigenvalue weighted by Gasteiger charge is -2.51. The van der Waals surface area contributed by atoms with E-state index in [2.05, 4.69) is 0 Å². The fourth-order valence-electron chi connectivity index (χ4n) is 5.35. The highest BCUT2D eigenvalue weighted by molar-refractivity contribution is 5.73. The number of aliphatic hydroxyl groups excluding tert-OH is 3. The monoisotopic (exact) mass is 522 g/mol. The Kier molecular flexibility index (Phi) is 10.3. The van der Waals surface area contributed by atoms with Crippen molar-refractivity contribution in [2.75, 3.05) is 14.2 Å². The van der Waals surface area contributed by atoms with E-state index in [1.54, 1.807) is 19.1 Å². The summed E-state index contributed by atoms with van der Waals surface area (Å²) >= 11 is 0. The van der Waals surface area contributed by atoms with Gasteiger partial charge in [-0.3, -0.25) is 4.79 Å². The zero-order valence-corrected chi connectivity index (χ0v) is 22.3. The Morgan fingerprint density at radius 2 is 1.65 bits per heavy atom. The Hall–Kier alpha value is -1.85. The fraction of sp³-hybridized carbons (Fsp3) is 0.679. The van der Waals surface area contributed by atoms with Crippen molar-refractivity contribution in [1.82, 2.24) is 0 Å². The van der Waals surface area contributed by atoms with Crippen LogP contribution in [0.4, 0.5) is 0 Å². The van der Waals surface area contributed by atoms with Gasteiger partial charge in [0.2, 0.25) is 5.79 Å². The zero-order valence-electron chi connectivity index (χ0n) is 22.3. The molecular formula is C28H42O9. The maximum atomic E-state index is 13.4. The largest absolute Gasteiger partial charge is 0.457 e. The Morgan fingerprint density at radius 1 is 0.973 bits per heavy atom. The molecular weight excluding hydrogens is 480 g/mol. The highest BCUT2D eigenvalue weighted by Gasteiger charge is 2.58. The van der Waals surface area contributed by atoms with Gasteiger partial charge >= 0.3 is 5.97 Å². The number of carbonyl (C=O) groups is 1. The molecule has 4 N–H and O–H groups in total. The van der Waals surface area contributed by atoms with Crippen LogP contribution < -0.4 is 0 Å². The van der Waals surface area contributed by atoms with Crippen molar-refractivity contribution in [2.45, 2.75) is 88.5 Å². The van der Waals surface area contributed by atoms with Crippen molar-refractivity contribution in [3.05, 3.63) is 48.0 Å². The molecule has 1 saturated heterocycles. The molecule has 2 aliphatic rings. The van der Waals surface area contributed by atoms with Crippen LogP contribution in [0.25, 0.3) is 0 Å². The minimum absolute atomic E-state index is 0.187. The van der Waals surface area contributed by atoms with E-state index in [-0.39, 0.29) is 18.8 Å². The summed E-state index contributed by atoms with van der Waals surface area (Å²) in [5, 5.41) is 44.2. The summed E-state index contributed by atoms with van der Waals surface area (Å²) in [4.78, 5) is 13.4. The number of cyclic esters (lactones) is 1. The van der Waals surface area contributed by atoms with Gasteiger partial charge in [-0.05, 0) is 25.3 Å². The third-order valence-electron chi connectivity index (χ3n) is 7.84. The fourth-order valence-corrected chi connectivity index (χ4v) is 5.35. The second kappa shape index (κ2) is 12.8. The minimum Gasteiger partial charge on any atom is -0.457 e. The molecule has 9 nitrogen and oxygen atoms in total. The van der Waals surface area contributed by atoms with Crippen LogP contribution in [-0.4, -0.2) is 83.0 Å². The summed E-state index contributed by atoms with van der Waals surface area (Å²) in [5.74, 6) is -4.91. The quantitative estimate of drug-likeness (QED) is 0.348. The molecule has 3 rings (SSSR count). The molecule has 11 atom stereocenters. The number of methoxy groups -OCH3 is 2. The van der Waals surface area contributed by atoms with Crippen molar-refractivity contribution >= 4 is 5.97 Å². The van der Waals surface area contributed by atoms with E-state index in [1.165, 1.54) is 21.1 Å². The maximum Gasteiger partial charge on any atom is 0.314 e. The van der Waals surface area contributed by atoms with Gasteiger partial charge in [0.25, 0.3) is 0 Å². The van der Waals surface area contributed by atoms with Crippen LogP contribution >= 0.6 is 0 Å². The summed E-state index contributed by atoms with van der Waals surface area (Å²) in [5.41, 5.74) is 0.739. The van der Waals surface area contributed by atoms with E-state index < -0.39 is 66.3 Å². The normalized spacial score (nSPS) is 42.2. The number of benzene rings is 1. The summed E-state index contributed by atoms with van der Waals surface area (Å²) < 4.78 is 23.0. The van der Waals surface area contributed by atoms with E-state index in [0.29, 0.717) is 6.42 Å². The predicted molar refractivity (Wildman–Crippen MR) is 135 cm³/mol. The molecule has 9 heteroatoms. The van der Waals surface area contributed by atoms with Gasteiger partial charge in [0.1, 0.15) is 18.1 Å². The van der Waals surface area contributed by atoms with E-state index in [1.807, 2.05) is 37.3 Å². The second-order valence-corrected chi connectivity index (χ2v) is 10.4. The molecule has 37 heavy (non-hydrogen) atoms. The molecule has 0 amide bonds. The van der Waals surface area contributed by atoms with Crippen molar-refractivity contribution in [2.24, 2.45) is 17.8 Å². The van der Waals surface area contributed by atoms with E-state index in [4.69, 9.17) is 18.9 Å². The molecule has 0 aliphatic carbocycles. The van der Waals surface area contributed by atoms with Crippen LogP contribution in [0.3, 0.4) is 0 Å². The Morgan fingerprint density at radius 3 is 2.27 bits per heavy atom. The highest BCUT2D eigenvalue weighted by Crippen LogP contribution is 2.42. The van der Waals surface area contributed by atoms with Crippen LogP contribution in [-0.2, 0) is 23.7 Å². The lowest BCUT2D eigenvalue weighted by atomic mass is 9.78. The summed E-state index contributed by atoms with van der Waals surface area (Å²) in [6.45, 7) is 5.10. The van der Waals surface area contributed by atoms with Crippen LogP contribution in [0.1, 0.15) is 51.7 Å². The minimum atomic E-state index is -2.17. The molecule has 1 aromatic carbocycles. The average molecular weight is 523 g/mol. The molecule has 1 aromatic rings. The molecule has 2 bridgehead atoms. The average Bonchev–Trinajstić information content (AvgIpc) is 2.89. The van der Waals surface area contributed by atoms with Crippen LogP contribution in [0, 0.1) is 17.8 Å². The smallest absolute Gasteiger partial charge is 0.314 e. The SMILES string of the molecule is CO[C@H]1CC(O)CC[C@@H](c2ccccc2)OC(=O)[C@@H](C)[C@@]2(O)O[C@H]([C@@H](C)[C@H](O)[C@H]2OC)[C@@H](C)C=C[C@H]1O. The van der Waals surface area contributed by atoms with E-state index in [9.17, 15) is 25.2 Å². The van der Waals surface area contributed by atoms with Gasteiger partial charge in [-0.2, -0.15) is 0 Å². The number of rotatable bonds is 3. The molecule has 2 aliphatic heterocycles. The van der Waals surface area contributed by atoms with E-state index >= 15 is 0 Å². The topological polar surface area (TPSA) is 135 Å². The number of fused-ring (bicyclic) bond motifs is 2. The zero-order chi connectivity index (χ0) is 27.3. The van der Waals surface area contributed by atoms with Crippen LogP contribution in [0.5, 0.6) is 0 Å². The molecule has 0 spiro atoms. The van der Waals surface area contributed by atoms with Crippen LogP contribution in [0.15, 0.2) is 42.5 Å². The molecule has 0 radical (unpaired) electrons. The Balaban J connectivity index is 2.02. The third-order valence-corrected chi connectivity index (χ3v) is 7.84. The molecule has 2 heterocycles. The summed E-state index contributed by atoms with van der Waals surface area (Å²) in [6.07, 6.45) is -2.10. The van der Waals surface area contributed by atoms with Gasteiger partial charge in [-0.1, -0.05) is 56.3 Å². The number of hydrogen-bond donors (Lipinski definition) is 4. The van der Waals surface area contributed by atoms with Gasteiger partial charge < -0.3 is 39.4 Å². The molecule has 0 aromatic heterocycles. The lowest BCUT2D eigenvalue weighted by molar-refractivity contribution is -0.360. The van der Waals surface area contributed by atoms with Gasteiger partial charge in [-0.25, -0.2) is 0 Å². The van der Waals surface area contributed by atoms with Gasteiger partial charge in [0.15, 0.2) is 0 Å². The number of ether oxygens (including phenoxy) is 4. The number of hydrogen-bond acceptors (Lipinski definition) is 9. The summed E-state index contributed by atoms with van der Waals surface area (Å²) in [7, 11) is 2.82. The standard InChI is InChI=1S/C28H42O9/c1-16-11-13-21(30)23(34-4)15-20(29)12-14-22(19-9-7-6-8-10-19)36-27(32)18(3)28(33)26(35-5)24(31)17(2)25(16)37-28/h6-11,13,16-18,20-26,29-31,33H,12,14-15H2,1-5H3/t16-,17-,18+,20?,21+,22-,23-,24-,25-,26+,28+/m0/s1. The number of aliphatic hydroxyl groups is 4. The lowest BCUT2D eigenvalue weighted by Crippen LogP contribution is -2.66. The first-order chi connectivity index (χ1) is 17.5. The highest BCUT2D eigenvalue weighted by atomic mass is 16.7. The van der Waals surface area contributed by atoms with Crippen molar-refractivity contribution in [1.29, 1.82) is 0 Å². The van der Waals surface area contributed by atoms with Crippen molar-refractivity contribution < 1.29 is 44.2 Å². The Bertz CT molecular complexity index is 893. The molecule has 208 valence electrons. The molecule has 1 fully saturated rings. The van der Waals surface area contributed by atoms with E-state index in [0.717, 1.165) is 5.56 Å². The van der Waals surface area contributed by atoms with Crippen molar-refractivity contribution in [3.8, 4) is 0 Å². The van der Waals surface area contributed by atoms with Gasteiger partial charge in [0, 0.05) is 32.5 Å². The molecule has 1 unspecified atom stereocenters. The molecule has 0 saturated carbocycles. The second-order valence-electron chi connectivity index (χ2n) is 10.4. The first-order valence-corrected chi connectivity index (χ1v) is 13.0. The van der Waals surface area contributed by atoms with Crippen molar-refractivity contribution in [3.63, 3.8) is 0 Å². The first kappa shape index (κ1) is 29.7.